The smallest absolute Gasteiger partial charge is 0.136 e. The number of carbonyl (C=O) groups excluding carboxylic acids is 1. The number of fused-ring (bicyclic) bond motifs is 1. The Labute approximate surface area is 176 Å². The Kier molecular flexibility index (Phi) is 5.65. The Morgan fingerprint density at radius 3 is 2.87 bits per heavy atom. The van der Waals surface area contributed by atoms with Crippen LogP contribution >= 0.6 is 0 Å². The van der Waals surface area contributed by atoms with Gasteiger partial charge < -0.3 is 5.11 Å². The third kappa shape index (κ3) is 4.12. The van der Waals surface area contributed by atoms with Gasteiger partial charge in [0.05, 0.1) is 28.5 Å². The Morgan fingerprint density at radius 2 is 2.20 bits per heavy atom. The topological polar surface area (TPSA) is 91.3 Å². The van der Waals surface area contributed by atoms with Crippen LogP contribution in [0.3, 0.4) is 0 Å². The number of carbonyl (C=O) groups is 1. The summed E-state index contributed by atoms with van der Waals surface area (Å²) in [4.78, 5) is 16.7. The van der Waals surface area contributed by atoms with Crippen molar-refractivity contribution in [3.63, 3.8) is 0 Å². The molecule has 6 heteroatoms. The predicted octanol–water partition coefficient (Wildman–Crippen LogP) is 4.06. The van der Waals surface area contributed by atoms with Gasteiger partial charge in [-0.05, 0) is 62.8 Å². The molecule has 154 valence electrons. The number of aromatic nitrogens is 3. The number of nitriles is 1. The molecule has 0 unspecified atom stereocenters. The summed E-state index contributed by atoms with van der Waals surface area (Å²) in [7, 11) is 0. The number of pyridine rings is 2. The summed E-state index contributed by atoms with van der Waals surface area (Å²) in [6.45, 7) is 1.64. The largest absolute Gasteiger partial charge is 0.383 e. The summed E-state index contributed by atoms with van der Waals surface area (Å²) in [5, 5.41) is 24.6. The van der Waals surface area contributed by atoms with Crippen LogP contribution in [0.2, 0.25) is 0 Å². The van der Waals surface area contributed by atoms with Gasteiger partial charge >= 0.3 is 0 Å². The number of nitrogens with zero attached hydrogens (tertiary/aromatic N) is 4. The molecule has 0 amide bonds. The highest BCUT2D eigenvalue weighted by Gasteiger charge is 2.29. The van der Waals surface area contributed by atoms with Crippen LogP contribution in [0.4, 0.5) is 0 Å². The highest BCUT2D eigenvalue weighted by atomic mass is 16.3. The second-order valence-electron chi connectivity index (χ2n) is 8.40. The van der Waals surface area contributed by atoms with Crippen LogP contribution in [-0.2, 0) is 16.8 Å². The number of aryl methyl sites for hydroxylation is 1. The molecule has 0 radical (unpaired) electrons. The third-order valence-electron chi connectivity index (χ3n) is 6.02. The fraction of sp³-hybridized carbons (Fsp3) is 0.417. The van der Waals surface area contributed by atoms with E-state index in [0.717, 1.165) is 24.1 Å². The van der Waals surface area contributed by atoms with Crippen molar-refractivity contribution in [2.45, 2.75) is 63.4 Å². The van der Waals surface area contributed by atoms with E-state index < -0.39 is 5.60 Å². The molecular weight excluding hydrogens is 376 g/mol. The van der Waals surface area contributed by atoms with Gasteiger partial charge in [0.2, 0.25) is 0 Å². The molecule has 0 bridgehead atoms. The fourth-order valence-corrected chi connectivity index (χ4v) is 4.21. The van der Waals surface area contributed by atoms with Gasteiger partial charge in [-0.25, -0.2) is 4.52 Å². The lowest BCUT2D eigenvalue weighted by Crippen LogP contribution is -2.26. The molecule has 1 atom stereocenters. The van der Waals surface area contributed by atoms with Crippen LogP contribution in [0.5, 0.6) is 0 Å². The molecule has 1 aliphatic rings. The van der Waals surface area contributed by atoms with E-state index in [1.54, 1.807) is 31.3 Å². The first-order valence-electron chi connectivity index (χ1n) is 10.5. The molecule has 1 saturated carbocycles. The zero-order valence-electron chi connectivity index (χ0n) is 17.2. The molecule has 3 aromatic rings. The van der Waals surface area contributed by atoms with Crippen molar-refractivity contribution in [1.29, 1.82) is 5.26 Å². The van der Waals surface area contributed by atoms with E-state index in [9.17, 15) is 15.2 Å². The van der Waals surface area contributed by atoms with Gasteiger partial charge in [0, 0.05) is 30.8 Å². The molecule has 6 nitrogen and oxygen atoms in total. The predicted molar refractivity (Wildman–Crippen MR) is 113 cm³/mol. The maximum absolute atomic E-state index is 12.5. The van der Waals surface area contributed by atoms with Crippen LogP contribution in [0.25, 0.3) is 5.52 Å². The van der Waals surface area contributed by atoms with Crippen molar-refractivity contribution in [3.05, 3.63) is 65.2 Å². The van der Waals surface area contributed by atoms with Crippen molar-refractivity contribution >= 4 is 11.3 Å². The van der Waals surface area contributed by atoms with Crippen molar-refractivity contribution in [1.82, 2.24) is 14.6 Å². The monoisotopic (exact) mass is 402 g/mol. The number of hydrogen-bond acceptors (Lipinski definition) is 5. The quantitative estimate of drug-likeness (QED) is 0.613. The highest BCUT2D eigenvalue weighted by molar-refractivity contribution is 5.79. The lowest BCUT2D eigenvalue weighted by Gasteiger charge is -2.26. The highest BCUT2D eigenvalue weighted by Crippen LogP contribution is 2.40. The van der Waals surface area contributed by atoms with Crippen LogP contribution in [0.1, 0.15) is 73.9 Å². The third-order valence-corrected chi connectivity index (χ3v) is 6.02. The maximum Gasteiger partial charge on any atom is 0.136 e. The van der Waals surface area contributed by atoms with Gasteiger partial charge in [-0.3, -0.25) is 9.78 Å². The standard InChI is InChI=1S/C24H26N4O2/c1-24(30,22-10-2-3-12-26-22)15-19(29)8-5-9-20-23(18-6-4-7-18)21-14-17(16-25)11-13-28(21)27-20/h2-3,10-14,18,30H,4-9,15H2,1H3/t24-/m1/s1. The minimum atomic E-state index is -1.26. The van der Waals surface area contributed by atoms with Crippen LogP contribution in [-0.4, -0.2) is 25.5 Å². The molecule has 0 aliphatic heterocycles. The van der Waals surface area contributed by atoms with E-state index in [1.165, 1.54) is 12.0 Å². The van der Waals surface area contributed by atoms with E-state index in [0.29, 0.717) is 36.4 Å². The molecule has 3 heterocycles. The van der Waals surface area contributed by atoms with Gasteiger partial charge in [-0.15, -0.1) is 0 Å². The van der Waals surface area contributed by atoms with Crippen LogP contribution < -0.4 is 0 Å². The molecule has 3 aromatic heterocycles. The molecule has 1 N–H and O–H groups in total. The minimum Gasteiger partial charge on any atom is -0.383 e. The number of aliphatic hydroxyl groups is 1. The Bertz CT molecular complexity index is 1090. The van der Waals surface area contributed by atoms with E-state index in [4.69, 9.17) is 5.10 Å². The molecular formula is C24H26N4O2. The van der Waals surface area contributed by atoms with E-state index in [-0.39, 0.29) is 12.2 Å². The molecule has 0 spiro atoms. The van der Waals surface area contributed by atoms with Crippen LogP contribution in [0, 0.1) is 11.3 Å². The maximum atomic E-state index is 12.5. The van der Waals surface area contributed by atoms with Gasteiger partial charge in [-0.2, -0.15) is 10.4 Å². The number of rotatable bonds is 8. The van der Waals surface area contributed by atoms with E-state index >= 15 is 0 Å². The zero-order chi connectivity index (χ0) is 21.1. The number of hydrogen-bond donors (Lipinski definition) is 1. The molecule has 0 aromatic carbocycles. The molecule has 30 heavy (non-hydrogen) atoms. The first-order chi connectivity index (χ1) is 14.5. The average Bonchev–Trinajstić information content (AvgIpc) is 3.04. The Balaban J connectivity index is 1.44. The number of Topliss-reactive ketones (excluding diaryl/α,β-unsaturated/α-hetero) is 1. The van der Waals surface area contributed by atoms with Crippen LogP contribution in [0.15, 0.2) is 42.7 Å². The fourth-order valence-electron chi connectivity index (χ4n) is 4.21. The SMILES string of the molecule is C[C@@](O)(CC(=O)CCCc1nn2ccc(C#N)cc2c1C1CCC1)c1ccccn1. The van der Waals surface area contributed by atoms with Crippen molar-refractivity contribution < 1.29 is 9.90 Å². The summed E-state index contributed by atoms with van der Waals surface area (Å²) in [5.74, 6) is 0.512. The van der Waals surface area contributed by atoms with E-state index in [2.05, 4.69) is 11.1 Å². The Morgan fingerprint density at radius 1 is 1.37 bits per heavy atom. The van der Waals surface area contributed by atoms with Crippen molar-refractivity contribution in [2.75, 3.05) is 0 Å². The molecule has 1 fully saturated rings. The van der Waals surface area contributed by atoms with E-state index in [1.807, 2.05) is 22.8 Å². The second-order valence-corrected chi connectivity index (χ2v) is 8.40. The lowest BCUT2D eigenvalue weighted by molar-refractivity contribution is -0.124. The molecule has 4 rings (SSSR count). The average molecular weight is 402 g/mol. The molecule has 0 saturated heterocycles. The van der Waals surface area contributed by atoms with Gasteiger partial charge in [0.1, 0.15) is 11.4 Å². The van der Waals surface area contributed by atoms with Gasteiger partial charge in [0.15, 0.2) is 0 Å². The van der Waals surface area contributed by atoms with Crippen molar-refractivity contribution in [2.24, 2.45) is 0 Å². The zero-order valence-corrected chi connectivity index (χ0v) is 17.2. The normalized spacial score (nSPS) is 16.0. The summed E-state index contributed by atoms with van der Waals surface area (Å²) >= 11 is 0. The van der Waals surface area contributed by atoms with Gasteiger partial charge in [-0.1, -0.05) is 12.5 Å². The second kappa shape index (κ2) is 8.37. The number of ketones is 1. The molecule has 1 aliphatic carbocycles. The summed E-state index contributed by atoms with van der Waals surface area (Å²) < 4.78 is 1.86. The van der Waals surface area contributed by atoms with Crippen molar-refractivity contribution in [3.8, 4) is 6.07 Å². The lowest BCUT2D eigenvalue weighted by atomic mass is 9.78. The van der Waals surface area contributed by atoms with Gasteiger partial charge in [0.25, 0.3) is 0 Å². The first kappa shape index (κ1) is 20.2. The summed E-state index contributed by atoms with van der Waals surface area (Å²) in [6.07, 6.45) is 8.83. The Hall–Kier alpha value is -3.04. The minimum absolute atomic E-state index is 0.0198. The first-order valence-corrected chi connectivity index (χ1v) is 10.5. The summed E-state index contributed by atoms with van der Waals surface area (Å²) in [5.41, 5.74) is 3.18. The summed E-state index contributed by atoms with van der Waals surface area (Å²) in [6, 6.07) is 11.2.